The highest BCUT2D eigenvalue weighted by Crippen LogP contribution is 2.25. The van der Waals surface area contributed by atoms with Gasteiger partial charge < -0.3 is 20.1 Å². The fraction of sp³-hybridized carbons (Fsp3) is 0.625. The maximum atomic E-state index is 6.13. The third-order valence-electron chi connectivity index (χ3n) is 3.27. The molecule has 1 unspecified atom stereocenters. The first-order valence-corrected chi connectivity index (χ1v) is 7.73. The average molecular weight is 315 g/mol. The van der Waals surface area contributed by atoms with Gasteiger partial charge in [-0.05, 0) is 43.5 Å². The lowest BCUT2D eigenvalue weighted by atomic mass is 10.0. The van der Waals surface area contributed by atoms with E-state index in [1.165, 1.54) is 11.3 Å². The Kier molecular flexibility index (Phi) is 8.69. The molecule has 1 rings (SSSR count). The summed E-state index contributed by atoms with van der Waals surface area (Å²) in [5.74, 6) is 0. The first-order chi connectivity index (χ1) is 10.1. The number of halogens is 1. The van der Waals surface area contributed by atoms with Gasteiger partial charge in [-0.2, -0.15) is 0 Å². The minimum absolute atomic E-state index is 0.102. The molecule has 0 aromatic heterocycles. The molecule has 1 atom stereocenters. The minimum atomic E-state index is 0.102. The van der Waals surface area contributed by atoms with Crippen LogP contribution >= 0.6 is 11.6 Å². The maximum absolute atomic E-state index is 6.13. The van der Waals surface area contributed by atoms with Crippen LogP contribution in [0.3, 0.4) is 0 Å². The van der Waals surface area contributed by atoms with Gasteiger partial charge in [-0.1, -0.05) is 11.6 Å². The van der Waals surface area contributed by atoms with Crippen LogP contribution in [0.4, 0.5) is 5.69 Å². The van der Waals surface area contributed by atoms with Crippen LogP contribution in [0, 0.1) is 0 Å². The van der Waals surface area contributed by atoms with Gasteiger partial charge in [0.1, 0.15) is 0 Å². The molecule has 0 amide bonds. The minimum Gasteiger partial charge on any atom is -0.385 e. The van der Waals surface area contributed by atoms with Crippen molar-refractivity contribution in [1.29, 1.82) is 0 Å². The van der Waals surface area contributed by atoms with Crippen LogP contribution in [0.1, 0.15) is 18.9 Å². The molecule has 4 nitrogen and oxygen atoms in total. The Balaban J connectivity index is 2.92. The Morgan fingerprint density at radius 1 is 1.19 bits per heavy atom. The van der Waals surface area contributed by atoms with Crippen LogP contribution in [-0.4, -0.2) is 46.6 Å². The van der Waals surface area contributed by atoms with Crippen LogP contribution in [0.25, 0.3) is 0 Å². The number of methoxy groups -OCH3 is 2. The molecule has 0 aliphatic heterocycles. The second kappa shape index (κ2) is 10.0. The van der Waals surface area contributed by atoms with Crippen LogP contribution in [0.5, 0.6) is 0 Å². The van der Waals surface area contributed by atoms with Crippen LogP contribution in [0.15, 0.2) is 18.2 Å². The van der Waals surface area contributed by atoms with Crippen molar-refractivity contribution < 1.29 is 9.47 Å². The fourth-order valence-electron chi connectivity index (χ4n) is 2.33. The normalized spacial score (nSPS) is 12.4. The summed E-state index contributed by atoms with van der Waals surface area (Å²) in [5.41, 5.74) is 8.33. The van der Waals surface area contributed by atoms with Gasteiger partial charge in [0, 0.05) is 50.7 Å². The Morgan fingerprint density at radius 2 is 1.90 bits per heavy atom. The van der Waals surface area contributed by atoms with Gasteiger partial charge in [-0.15, -0.1) is 0 Å². The summed E-state index contributed by atoms with van der Waals surface area (Å²) in [4.78, 5) is 2.32. The first kappa shape index (κ1) is 18.2. The molecule has 1 aromatic rings. The Bertz CT molecular complexity index is 413. The molecular formula is C16H27ClN2O2. The van der Waals surface area contributed by atoms with Crippen LogP contribution in [0.2, 0.25) is 5.02 Å². The van der Waals surface area contributed by atoms with Crippen LogP contribution in [-0.2, 0) is 15.9 Å². The largest absolute Gasteiger partial charge is 0.385 e. The highest BCUT2D eigenvalue weighted by Gasteiger charge is 2.13. The van der Waals surface area contributed by atoms with E-state index in [2.05, 4.69) is 11.0 Å². The molecule has 0 fully saturated rings. The Morgan fingerprint density at radius 3 is 2.52 bits per heavy atom. The van der Waals surface area contributed by atoms with E-state index in [9.17, 15) is 0 Å². The van der Waals surface area contributed by atoms with Crippen molar-refractivity contribution in [2.24, 2.45) is 5.73 Å². The Hall–Kier alpha value is -0.810. The number of ether oxygens (including phenoxy) is 2. The second-order valence-electron chi connectivity index (χ2n) is 5.28. The molecule has 0 saturated carbocycles. The van der Waals surface area contributed by atoms with Gasteiger partial charge in [0.15, 0.2) is 0 Å². The third kappa shape index (κ3) is 6.66. The lowest BCUT2D eigenvalue weighted by Crippen LogP contribution is -2.30. The van der Waals surface area contributed by atoms with E-state index < -0.39 is 0 Å². The standard InChI is InChI=1S/C16H27ClN2O2/c1-13(18)11-14-12-15(17)5-6-16(14)19(8-10-21-3)7-4-9-20-2/h5-6,12-13H,4,7-11,18H2,1-3H3. The lowest BCUT2D eigenvalue weighted by molar-refractivity contribution is 0.191. The molecule has 0 saturated heterocycles. The van der Waals surface area contributed by atoms with E-state index in [1.54, 1.807) is 14.2 Å². The predicted octanol–water partition coefficient (Wildman–Crippen LogP) is 2.72. The molecule has 0 bridgehead atoms. The molecule has 0 radical (unpaired) electrons. The third-order valence-corrected chi connectivity index (χ3v) is 3.50. The molecule has 0 aliphatic rings. The van der Waals surface area contributed by atoms with Crippen molar-refractivity contribution in [3.63, 3.8) is 0 Å². The quantitative estimate of drug-likeness (QED) is 0.675. The van der Waals surface area contributed by atoms with E-state index in [-0.39, 0.29) is 6.04 Å². The molecular weight excluding hydrogens is 288 g/mol. The van der Waals surface area contributed by atoms with Crippen molar-refractivity contribution in [2.45, 2.75) is 25.8 Å². The molecule has 0 heterocycles. The number of rotatable bonds is 10. The number of hydrogen-bond acceptors (Lipinski definition) is 4. The first-order valence-electron chi connectivity index (χ1n) is 7.35. The number of anilines is 1. The van der Waals surface area contributed by atoms with Gasteiger partial charge >= 0.3 is 0 Å². The topological polar surface area (TPSA) is 47.7 Å². The van der Waals surface area contributed by atoms with Gasteiger partial charge in [-0.25, -0.2) is 0 Å². The summed E-state index contributed by atoms with van der Waals surface area (Å²) in [6.45, 7) is 5.21. The molecule has 120 valence electrons. The second-order valence-corrected chi connectivity index (χ2v) is 5.72. The van der Waals surface area contributed by atoms with Crippen LogP contribution < -0.4 is 10.6 Å². The molecule has 5 heteroatoms. The fourth-order valence-corrected chi connectivity index (χ4v) is 2.52. The smallest absolute Gasteiger partial charge is 0.0637 e. The van der Waals surface area contributed by atoms with Gasteiger partial charge in [0.25, 0.3) is 0 Å². The van der Waals surface area contributed by atoms with E-state index in [0.29, 0.717) is 6.61 Å². The SMILES string of the molecule is COCCCN(CCOC)c1ccc(Cl)cc1CC(C)N. The summed E-state index contributed by atoms with van der Waals surface area (Å²) in [5, 5.41) is 0.748. The van der Waals surface area contributed by atoms with Crippen molar-refractivity contribution in [2.75, 3.05) is 45.4 Å². The zero-order valence-corrected chi connectivity index (χ0v) is 14.0. The zero-order chi connectivity index (χ0) is 15.7. The van der Waals surface area contributed by atoms with E-state index in [1.807, 2.05) is 19.1 Å². The summed E-state index contributed by atoms with van der Waals surface area (Å²) >= 11 is 6.13. The number of hydrogen-bond donors (Lipinski definition) is 1. The summed E-state index contributed by atoms with van der Waals surface area (Å²) in [6, 6.07) is 6.11. The van der Waals surface area contributed by atoms with Gasteiger partial charge in [0.2, 0.25) is 0 Å². The lowest BCUT2D eigenvalue weighted by Gasteiger charge is -2.27. The van der Waals surface area contributed by atoms with Crippen molar-refractivity contribution in [3.05, 3.63) is 28.8 Å². The van der Waals surface area contributed by atoms with E-state index >= 15 is 0 Å². The highest BCUT2D eigenvalue weighted by atomic mass is 35.5. The van der Waals surface area contributed by atoms with E-state index in [4.69, 9.17) is 26.8 Å². The highest BCUT2D eigenvalue weighted by molar-refractivity contribution is 6.30. The number of benzene rings is 1. The number of nitrogens with two attached hydrogens (primary N) is 1. The van der Waals surface area contributed by atoms with Crippen molar-refractivity contribution in [3.8, 4) is 0 Å². The molecule has 0 spiro atoms. The molecule has 0 aliphatic carbocycles. The summed E-state index contributed by atoms with van der Waals surface area (Å²) in [6.07, 6.45) is 1.78. The summed E-state index contributed by atoms with van der Waals surface area (Å²) < 4.78 is 10.4. The molecule has 1 aromatic carbocycles. The zero-order valence-electron chi connectivity index (χ0n) is 13.3. The average Bonchev–Trinajstić information content (AvgIpc) is 2.43. The van der Waals surface area contributed by atoms with Gasteiger partial charge in [0.05, 0.1) is 6.61 Å². The van der Waals surface area contributed by atoms with E-state index in [0.717, 1.165) is 37.6 Å². The number of nitrogens with zero attached hydrogens (tertiary/aromatic N) is 1. The Labute approximate surface area is 133 Å². The monoisotopic (exact) mass is 314 g/mol. The summed E-state index contributed by atoms with van der Waals surface area (Å²) in [7, 11) is 3.45. The maximum Gasteiger partial charge on any atom is 0.0637 e. The van der Waals surface area contributed by atoms with Crippen molar-refractivity contribution in [1.82, 2.24) is 0 Å². The molecule has 2 N–H and O–H groups in total. The van der Waals surface area contributed by atoms with Crippen molar-refractivity contribution >= 4 is 17.3 Å². The molecule has 21 heavy (non-hydrogen) atoms. The van der Waals surface area contributed by atoms with Gasteiger partial charge in [-0.3, -0.25) is 0 Å². The predicted molar refractivity (Wildman–Crippen MR) is 89.4 cm³/mol.